The lowest BCUT2D eigenvalue weighted by Crippen LogP contribution is -2.08. The van der Waals surface area contributed by atoms with Gasteiger partial charge >= 0.3 is 5.97 Å². The molecule has 0 radical (unpaired) electrons. The van der Waals surface area contributed by atoms with Crippen LogP contribution in [0.2, 0.25) is 0 Å². The summed E-state index contributed by atoms with van der Waals surface area (Å²) < 4.78 is 10.2. The molecule has 0 aliphatic heterocycles. The van der Waals surface area contributed by atoms with E-state index in [4.69, 9.17) is 22.7 Å². The molecule has 0 unspecified atom stereocenters. The third kappa shape index (κ3) is 4.00. The fourth-order valence-electron chi connectivity index (χ4n) is 1.62. The Morgan fingerprint density at radius 2 is 1.86 bits per heavy atom. The predicted octanol–water partition coefficient (Wildman–Crippen LogP) is 2.08. The molecule has 0 fully saturated rings. The topological polar surface area (TPSA) is 74.4 Å². The van der Waals surface area contributed by atoms with Gasteiger partial charge in [0.2, 0.25) is 0 Å². The van der Waals surface area contributed by atoms with Crippen LogP contribution >= 0.6 is 12.2 Å². The van der Waals surface area contributed by atoms with Crippen LogP contribution in [0.1, 0.15) is 21.6 Å². The SMILES string of the molecule is COC(=O)c1ccc(COc2ccc(C(N)=S)cc2)nc1. The minimum absolute atomic E-state index is 0.299. The minimum atomic E-state index is -0.414. The molecule has 6 heteroatoms. The van der Waals surface area contributed by atoms with Crippen LogP contribution in [-0.2, 0) is 11.3 Å². The lowest BCUT2D eigenvalue weighted by molar-refractivity contribution is 0.0600. The minimum Gasteiger partial charge on any atom is -0.487 e. The van der Waals surface area contributed by atoms with Gasteiger partial charge in [0.05, 0.1) is 18.4 Å². The molecule has 0 spiro atoms. The van der Waals surface area contributed by atoms with Crippen molar-refractivity contribution in [2.75, 3.05) is 7.11 Å². The molecule has 108 valence electrons. The van der Waals surface area contributed by atoms with Crippen LogP contribution in [0, 0.1) is 0 Å². The third-order valence-corrected chi connectivity index (χ3v) is 3.01. The van der Waals surface area contributed by atoms with Crippen molar-refractivity contribution < 1.29 is 14.3 Å². The number of methoxy groups -OCH3 is 1. The maximum atomic E-state index is 11.3. The van der Waals surface area contributed by atoms with Crippen molar-refractivity contribution in [2.45, 2.75) is 6.61 Å². The van der Waals surface area contributed by atoms with Crippen molar-refractivity contribution in [1.82, 2.24) is 4.98 Å². The number of thiocarbonyl (C=S) groups is 1. The van der Waals surface area contributed by atoms with Gasteiger partial charge in [-0.1, -0.05) is 12.2 Å². The highest BCUT2D eigenvalue weighted by Gasteiger charge is 2.05. The van der Waals surface area contributed by atoms with Gasteiger partial charge in [0.25, 0.3) is 0 Å². The molecule has 2 N–H and O–H groups in total. The molecule has 0 aliphatic rings. The summed E-state index contributed by atoms with van der Waals surface area (Å²) in [5.41, 5.74) is 7.43. The molecule has 0 atom stereocenters. The number of ether oxygens (including phenoxy) is 2. The lowest BCUT2D eigenvalue weighted by atomic mass is 10.2. The number of hydrogen-bond acceptors (Lipinski definition) is 5. The Labute approximate surface area is 127 Å². The van der Waals surface area contributed by atoms with Gasteiger partial charge in [0, 0.05) is 11.8 Å². The Morgan fingerprint density at radius 1 is 1.19 bits per heavy atom. The van der Waals surface area contributed by atoms with Gasteiger partial charge in [-0.3, -0.25) is 4.98 Å². The Hall–Kier alpha value is -2.47. The fraction of sp³-hybridized carbons (Fsp3) is 0.133. The van der Waals surface area contributed by atoms with E-state index in [1.54, 1.807) is 36.4 Å². The second-order valence-electron chi connectivity index (χ2n) is 4.21. The van der Waals surface area contributed by atoms with Crippen LogP contribution in [0.4, 0.5) is 0 Å². The second kappa shape index (κ2) is 6.81. The van der Waals surface area contributed by atoms with Gasteiger partial charge in [-0.25, -0.2) is 4.79 Å². The number of esters is 1. The van der Waals surface area contributed by atoms with Crippen molar-refractivity contribution in [3.05, 3.63) is 59.4 Å². The molecule has 0 aliphatic carbocycles. The van der Waals surface area contributed by atoms with E-state index in [0.29, 0.717) is 28.6 Å². The molecule has 1 aromatic heterocycles. The van der Waals surface area contributed by atoms with Crippen LogP contribution in [0.25, 0.3) is 0 Å². The first-order valence-electron chi connectivity index (χ1n) is 6.16. The Morgan fingerprint density at radius 3 is 2.38 bits per heavy atom. The summed E-state index contributed by atoms with van der Waals surface area (Å²) in [6.07, 6.45) is 1.46. The van der Waals surface area contributed by atoms with Crippen molar-refractivity contribution in [3.63, 3.8) is 0 Å². The van der Waals surface area contributed by atoms with Crippen LogP contribution in [0.3, 0.4) is 0 Å². The smallest absolute Gasteiger partial charge is 0.339 e. The van der Waals surface area contributed by atoms with E-state index in [1.165, 1.54) is 13.3 Å². The number of rotatable bonds is 5. The quantitative estimate of drug-likeness (QED) is 0.673. The van der Waals surface area contributed by atoms with Gasteiger partial charge in [-0.15, -0.1) is 0 Å². The molecular formula is C15H14N2O3S. The molecule has 5 nitrogen and oxygen atoms in total. The molecule has 0 amide bonds. The van der Waals surface area contributed by atoms with Crippen molar-refractivity contribution in [2.24, 2.45) is 5.73 Å². The normalized spacial score (nSPS) is 9.95. The fourth-order valence-corrected chi connectivity index (χ4v) is 1.76. The van der Waals surface area contributed by atoms with E-state index in [0.717, 1.165) is 5.56 Å². The molecule has 2 rings (SSSR count). The van der Waals surface area contributed by atoms with Crippen LogP contribution in [-0.4, -0.2) is 23.1 Å². The van der Waals surface area contributed by atoms with Gasteiger partial charge in [0.15, 0.2) is 0 Å². The number of benzene rings is 1. The standard InChI is InChI=1S/C15H14N2O3S/c1-19-15(18)11-2-5-12(17-8-11)9-20-13-6-3-10(4-7-13)14(16)21/h2-8H,9H2,1H3,(H2,16,21). The molecular weight excluding hydrogens is 288 g/mol. The molecule has 0 saturated carbocycles. The third-order valence-electron chi connectivity index (χ3n) is 2.77. The summed E-state index contributed by atoms with van der Waals surface area (Å²) in [7, 11) is 1.33. The number of nitrogens with two attached hydrogens (primary N) is 1. The summed E-state index contributed by atoms with van der Waals surface area (Å²) in [6, 6.07) is 10.5. The van der Waals surface area contributed by atoms with Gasteiger partial charge < -0.3 is 15.2 Å². The average molecular weight is 302 g/mol. The first-order valence-corrected chi connectivity index (χ1v) is 6.57. The highest BCUT2D eigenvalue weighted by Crippen LogP contribution is 2.14. The maximum absolute atomic E-state index is 11.3. The van der Waals surface area contributed by atoms with E-state index in [1.807, 2.05) is 0 Å². The monoisotopic (exact) mass is 302 g/mol. The van der Waals surface area contributed by atoms with Crippen LogP contribution < -0.4 is 10.5 Å². The Balaban J connectivity index is 1.96. The molecule has 1 aromatic carbocycles. The van der Waals surface area contributed by atoms with Crippen molar-refractivity contribution >= 4 is 23.2 Å². The lowest BCUT2D eigenvalue weighted by Gasteiger charge is -2.07. The van der Waals surface area contributed by atoms with E-state index >= 15 is 0 Å². The number of nitrogens with zero attached hydrogens (tertiary/aromatic N) is 1. The molecule has 0 saturated heterocycles. The summed E-state index contributed by atoms with van der Waals surface area (Å²) >= 11 is 4.88. The molecule has 0 bridgehead atoms. The van der Waals surface area contributed by atoms with Crippen molar-refractivity contribution in [1.29, 1.82) is 0 Å². The van der Waals surface area contributed by atoms with Crippen LogP contribution in [0.5, 0.6) is 5.75 Å². The van der Waals surface area contributed by atoms with Crippen LogP contribution in [0.15, 0.2) is 42.6 Å². The zero-order chi connectivity index (χ0) is 15.2. The molecule has 1 heterocycles. The number of carbonyl (C=O) groups excluding carboxylic acids is 1. The first-order chi connectivity index (χ1) is 10.1. The Bertz CT molecular complexity index is 639. The number of pyridine rings is 1. The summed E-state index contributed by atoms with van der Waals surface area (Å²) in [4.78, 5) is 15.8. The zero-order valence-corrected chi connectivity index (χ0v) is 12.2. The number of hydrogen-bond donors (Lipinski definition) is 1. The van der Waals surface area contributed by atoms with E-state index < -0.39 is 5.97 Å². The zero-order valence-electron chi connectivity index (χ0n) is 11.4. The highest BCUT2D eigenvalue weighted by molar-refractivity contribution is 7.80. The Kier molecular flexibility index (Phi) is 4.84. The molecule has 2 aromatic rings. The first kappa shape index (κ1) is 14.9. The predicted molar refractivity (Wildman–Crippen MR) is 82.2 cm³/mol. The van der Waals surface area contributed by atoms with Crippen molar-refractivity contribution in [3.8, 4) is 5.75 Å². The number of aromatic nitrogens is 1. The van der Waals surface area contributed by atoms with Gasteiger partial charge in [-0.05, 0) is 36.4 Å². The maximum Gasteiger partial charge on any atom is 0.339 e. The summed E-state index contributed by atoms with van der Waals surface area (Å²) in [5, 5.41) is 0. The van der Waals surface area contributed by atoms with E-state index in [2.05, 4.69) is 9.72 Å². The number of carbonyl (C=O) groups is 1. The van der Waals surface area contributed by atoms with Gasteiger partial charge in [0.1, 0.15) is 17.3 Å². The van der Waals surface area contributed by atoms with E-state index in [-0.39, 0.29) is 0 Å². The summed E-state index contributed by atoms with van der Waals surface area (Å²) in [6.45, 7) is 0.299. The largest absolute Gasteiger partial charge is 0.487 e. The second-order valence-corrected chi connectivity index (χ2v) is 4.65. The van der Waals surface area contributed by atoms with Gasteiger partial charge in [-0.2, -0.15) is 0 Å². The highest BCUT2D eigenvalue weighted by atomic mass is 32.1. The summed E-state index contributed by atoms with van der Waals surface area (Å²) in [5.74, 6) is 0.275. The van der Waals surface area contributed by atoms with E-state index in [9.17, 15) is 4.79 Å². The molecule has 21 heavy (non-hydrogen) atoms. The average Bonchev–Trinajstić information content (AvgIpc) is 2.53.